The van der Waals surface area contributed by atoms with Crippen molar-refractivity contribution >= 4 is 17.5 Å². The van der Waals surface area contributed by atoms with Crippen LogP contribution in [0.1, 0.15) is 29.9 Å². The molecule has 1 amide bonds. The monoisotopic (exact) mass is 346 g/mol. The minimum Gasteiger partial charge on any atom is -0.351 e. The highest BCUT2D eigenvalue weighted by Crippen LogP contribution is 2.27. The maximum atomic E-state index is 12.1. The number of aryl methyl sites for hydroxylation is 1. The van der Waals surface area contributed by atoms with Crippen molar-refractivity contribution in [3.63, 3.8) is 0 Å². The van der Waals surface area contributed by atoms with Crippen LogP contribution in [0, 0.1) is 0 Å². The topological polar surface area (TPSA) is 50.2 Å². The molecule has 1 fully saturated rings. The Morgan fingerprint density at radius 3 is 2.75 bits per heavy atom. The molecule has 0 spiro atoms. The fourth-order valence-electron chi connectivity index (χ4n) is 3.17. The quantitative estimate of drug-likeness (QED) is 0.905. The fraction of sp³-hybridized carbons (Fsp3) is 0.444. The zero-order chi connectivity index (χ0) is 16.9. The molecule has 0 bridgehead atoms. The molecule has 3 rings (SSSR count). The van der Waals surface area contributed by atoms with Crippen LogP contribution in [-0.2, 0) is 18.4 Å². The number of hydrogen-bond acceptors (Lipinski definition) is 3. The van der Waals surface area contributed by atoms with Gasteiger partial charge in [-0.2, -0.15) is 5.10 Å². The predicted molar refractivity (Wildman–Crippen MR) is 94.9 cm³/mol. The van der Waals surface area contributed by atoms with Gasteiger partial charge in [0.15, 0.2) is 0 Å². The highest BCUT2D eigenvalue weighted by molar-refractivity contribution is 6.31. The van der Waals surface area contributed by atoms with E-state index in [1.807, 2.05) is 42.2 Å². The second-order valence-corrected chi connectivity index (χ2v) is 6.77. The van der Waals surface area contributed by atoms with Gasteiger partial charge >= 0.3 is 0 Å². The Labute approximate surface area is 147 Å². The molecule has 2 aromatic rings. The summed E-state index contributed by atoms with van der Waals surface area (Å²) in [5.41, 5.74) is 2.25. The molecule has 128 valence electrons. The van der Waals surface area contributed by atoms with Crippen LogP contribution < -0.4 is 5.32 Å². The van der Waals surface area contributed by atoms with Gasteiger partial charge in [-0.05, 0) is 49.0 Å². The average molecular weight is 347 g/mol. The van der Waals surface area contributed by atoms with Crippen molar-refractivity contribution in [3.8, 4) is 0 Å². The molecular weight excluding hydrogens is 324 g/mol. The normalized spacial score (nSPS) is 16.2. The number of halogens is 1. The number of likely N-dealkylation sites (tertiary alicyclic amines) is 1. The van der Waals surface area contributed by atoms with Gasteiger partial charge < -0.3 is 5.32 Å². The van der Waals surface area contributed by atoms with Gasteiger partial charge in [0.1, 0.15) is 0 Å². The lowest BCUT2D eigenvalue weighted by Crippen LogP contribution is -2.41. The largest absolute Gasteiger partial charge is 0.351 e. The van der Waals surface area contributed by atoms with Crippen LogP contribution in [0.5, 0.6) is 0 Å². The second-order valence-electron chi connectivity index (χ2n) is 6.37. The maximum absolute atomic E-state index is 12.1. The van der Waals surface area contributed by atoms with Crippen LogP contribution in [0.4, 0.5) is 0 Å². The van der Waals surface area contributed by atoms with Crippen molar-refractivity contribution in [1.29, 1.82) is 0 Å². The number of carbonyl (C=O) groups is 1. The molecule has 0 unspecified atom stereocenters. The molecular formula is C18H23ClN4O. The van der Waals surface area contributed by atoms with Crippen molar-refractivity contribution in [3.05, 3.63) is 52.8 Å². The van der Waals surface area contributed by atoms with E-state index in [4.69, 9.17) is 11.6 Å². The van der Waals surface area contributed by atoms with E-state index in [9.17, 15) is 4.79 Å². The summed E-state index contributed by atoms with van der Waals surface area (Å²) in [4.78, 5) is 14.4. The van der Waals surface area contributed by atoms with E-state index < -0.39 is 0 Å². The number of rotatable bonds is 5. The van der Waals surface area contributed by atoms with Crippen molar-refractivity contribution in [2.45, 2.75) is 25.3 Å². The van der Waals surface area contributed by atoms with E-state index in [0.717, 1.165) is 31.5 Å². The summed E-state index contributed by atoms with van der Waals surface area (Å²) in [5, 5.41) is 7.89. The third-order valence-corrected chi connectivity index (χ3v) is 4.95. The molecule has 0 aliphatic carbocycles. The van der Waals surface area contributed by atoms with Crippen LogP contribution >= 0.6 is 11.6 Å². The molecule has 0 atom stereocenters. The van der Waals surface area contributed by atoms with Crippen LogP contribution in [0.2, 0.25) is 5.02 Å². The molecule has 1 saturated heterocycles. The fourth-order valence-corrected chi connectivity index (χ4v) is 3.37. The van der Waals surface area contributed by atoms with Crippen LogP contribution in [0.3, 0.4) is 0 Å². The summed E-state index contributed by atoms with van der Waals surface area (Å²) in [6.07, 6.45) is 6.19. The standard InChI is InChI=1S/C18H23ClN4O/c1-22-12-16(11-21-22)14-6-8-23(9-7-14)13-18(24)20-10-15-4-2-3-5-17(15)19/h2-5,11-12,14H,6-10,13H2,1H3,(H,20,24). The average Bonchev–Trinajstić information content (AvgIpc) is 3.01. The number of hydrogen-bond donors (Lipinski definition) is 1. The van der Waals surface area contributed by atoms with Crippen molar-refractivity contribution in [2.24, 2.45) is 7.05 Å². The lowest BCUT2D eigenvalue weighted by atomic mass is 9.91. The Morgan fingerprint density at radius 1 is 1.33 bits per heavy atom. The molecule has 1 aliphatic heterocycles. The maximum Gasteiger partial charge on any atom is 0.234 e. The number of nitrogens with one attached hydrogen (secondary N) is 1. The number of amides is 1. The molecule has 1 aromatic carbocycles. The Balaban J connectivity index is 1.42. The molecule has 5 nitrogen and oxygen atoms in total. The molecule has 1 aromatic heterocycles. The van der Waals surface area contributed by atoms with Gasteiger partial charge in [-0.3, -0.25) is 14.4 Å². The smallest absolute Gasteiger partial charge is 0.234 e. The highest BCUT2D eigenvalue weighted by Gasteiger charge is 2.22. The SMILES string of the molecule is Cn1cc(C2CCN(CC(=O)NCc3ccccc3Cl)CC2)cn1. The van der Waals surface area contributed by atoms with E-state index in [-0.39, 0.29) is 5.91 Å². The van der Waals surface area contributed by atoms with Gasteiger partial charge in [0.25, 0.3) is 0 Å². The highest BCUT2D eigenvalue weighted by atomic mass is 35.5. The third kappa shape index (κ3) is 4.36. The van der Waals surface area contributed by atoms with E-state index >= 15 is 0 Å². The lowest BCUT2D eigenvalue weighted by Gasteiger charge is -2.31. The summed E-state index contributed by atoms with van der Waals surface area (Å²) in [6, 6.07) is 7.59. The van der Waals surface area contributed by atoms with Crippen LogP contribution in [0.15, 0.2) is 36.7 Å². The van der Waals surface area contributed by atoms with Gasteiger partial charge in [0.2, 0.25) is 5.91 Å². The van der Waals surface area contributed by atoms with Gasteiger partial charge in [-0.15, -0.1) is 0 Å². The summed E-state index contributed by atoms with van der Waals surface area (Å²) in [7, 11) is 1.95. The van der Waals surface area contributed by atoms with E-state index in [0.29, 0.717) is 24.0 Å². The predicted octanol–water partition coefficient (Wildman–Crippen LogP) is 2.57. The second kappa shape index (κ2) is 7.81. The molecule has 0 radical (unpaired) electrons. The zero-order valence-electron chi connectivity index (χ0n) is 13.9. The van der Waals surface area contributed by atoms with Crippen LogP contribution in [-0.4, -0.2) is 40.2 Å². The summed E-state index contributed by atoms with van der Waals surface area (Å²) in [5.74, 6) is 0.607. The number of nitrogens with zero attached hydrogens (tertiary/aromatic N) is 3. The van der Waals surface area contributed by atoms with Gasteiger partial charge in [-0.1, -0.05) is 29.8 Å². The Bertz CT molecular complexity index is 692. The number of carbonyl (C=O) groups excluding carboxylic acids is 1. The molecule has 0 saturated carbocycles. The molecule has 2 heterocycles. The zero-order valence-corrected chi connectivity index (χ0v) is 14.7. The van der Waals surface area contributed by atoms with Crippen molar-refractivity contribution in [2.75, 3.05) is 19.6 Å². The third-order valence-electron chi connectivity index (χ3n) is 4.58. The molecule has 1 N–H and O–H groups in total. The summed E-state index contributed by atoms with van der Waals surface area (Å²) < 4.78 is 1.85. The van der Waals surface area contributed by atoms with E-state index in [1.54, 1.807) is 0 Å². The lowest BCUT2D eigenvalue weighted by molar-refractivity contribution is -0.122. The summed E-state index contributed by atoms with van der Waals surface area (Å²) >= 11 is 6.11. The number of piperidine rings is 1. The summed E-state index contributed by atoms with van der Waals surface area (Å²) in [6.45, 7) is 2.81. The first kappa shape index (κ1) is 17.0. The first-order valence-corrected chi connectivity index (χ1v) is 8.70. The molecule has 6 heteroatoms. The first-order chi connectivity index (χ1) is 11.6. The van der Waals surface area contributed by atoms with E-state index in [1.165, 1.54) is 5.56 Å². The minimum atomic E-state index is 0.0507. The van der Waals surface area contributed by atoms with Gasteiger partial charge in [0.05, 0.1) is 12.7 Å². The number of aromatic nitrogens is 2. The van der Waals surface area contributed by atoms with Crippen LogP contribution in [0.25, 0.3) is 0 Å². The van der Waals surface area contributed by atoms with Gasteiger partial charge in [0, 0.05) is 24.8 Å². The van der Waals surface area contributed by atoms with Crippen molar-refractivity contribution < 1.29 is 4.79 Å². The van der Waals surface area contributed by atoms with E-state index in [2.05, 4.69) is 21.5 Å². The molecule has 1 aliphatic rings. The minimum absolute atomic E-state index is 0.0507. The van der Waals surface area contributed by atoms with Crippen molar-refractivity contribution in [1.82, 2.24) is 20.0 Å². The Kier molecular flexibility index (Phi) is 5.53. The first-order valence-electron chi connectivity index (χ1n) is 8.33. The Morgan fingerprint density at radius 2 is 2.08 bits per heavy atom. The van der Waals surface area contributed by atoms with Gasteiger partial charge in [-0.25, -0.2) is 0 Å². The Hall–Kier alpha value is -1.85. The molecule has 24 heavy (non-hydrogen) atoms. The number of benzene rings is 1.